The number of anilines is 2. The van der Waals surface area contributed by atoms with Crippen molar-refractivity contribution in [2.75, 3.05) is 30.9 Å². The molecule has 16 nitrogen and oxygen atoms in total. The number of carbonyl (C=O) groups is 3. The lowest BCUT2D eigenvalue weighted by Crippen LogP contribution is -2.57. The molecule has 0 saturated carbocycles. The summed E-state index contributed by atoms with van der Waals surface area (Å²) in [5, 5.41) is 45.0. The minimum Gasteiger partial charge on any atom is -0.480 e. The average Bonchev–Trinajstić information content (AvgIpc) is 2.93. The van der Waals surface area contributed by atoms with E-state index in [-0.39, 0.29) is 42.1 Å². The van der Waals surface area contributed by atoms with Gasteiger partial charge in [0.1, 0.15) is 11.6 Å². The van der Waals surface area contributed by atoms with Crippen molar-refractivity contribution >= 4 is 40.6 Å². The Morgan fingerprint density at radius 1 is 1.05 bits per heavy atom. The standard InChI is InChI=1S/C23H28N8O8/c24-22-29-18-17(20(37)30-22)27-14(8-26-18)7-25-13-3-1-12(2-4-13)19(36)28-15(21(38)39)5-6-16(35)31-23(9-32,10-33)11-34/h1-4,8,15,25,32-34H,5-7,9-11H2,(H,28,36)(H,31,35)(H,38,39)(H3,24,26,29,30,37)/t15-/m0/s1. The number of nitrogens with one attached hydrogen (secondary N) is 4. The third-order valence-corrected chi connectivity index (χ3v) is 5.68. The van der Waals surface area contributed by atoms with E-state index in [4.69, 9.17) is 5.73 Å². The molecule has 0 aliphatic heterocycles. The van der Waals surface area contributed by atoms with Gasteiger partial charge in [0.2, 0.25) is 11.9 Å². The summed E-state index contributed by atoms with van der Waals surface area (Å²) in [6.07, 6.45) is 0.810. The van der Waals surface area contributed by atoms with Crippen LogP contribution >= 0.6 is 0 Å². The van der Waals surface area contributed by atoms with Gasteiger partial charge in [-0.1, -0.05) is 0 Å². The SMILES string of the molecule is Nc1nc2ncc(CNc3ccc(C(=O)N[C@@H](CCC(=O)NC(CO)(CO)CO)C(=O)O)cc3)nc2c(=O)[nH]1. The average molecular weight is 545 g/mol. The van der Waals surface area contributed by atoms with Crippen LogP contribution in [0.25, 0.3) is 11.2 Å². The number of hydrogen-bond acceptors (Lipinski definition) is 12. The summed E-state index contributed by atoms with van der Waals surface area (Å²) >= 11 is 0. The zero-order chi connectivity index (χ0) is 28.6. The molecule has 0 saturated heterocycles. The Kier molecular flexibility index (Phi) is 9.43. The number of rotatable bonds is 13. The van der Waals surface area contributed by atoms with E-state index in [1.54, 1.807) is 12.1 Å². The van der Waals surface area contributed by atoms with Crippen molar-refractivity contribution < 1.29 is 34.8 Å². The van der Waals surface area contributed by atoms with Crippen molar-refractivity contribution in [2.45, 2.75) is 31.0 Å². The van der Waals surface area contributed by atoms with Gasteiger partial charge in [-0.05, 0) is 30.7 Å². The van der Waals surface area contributed by atoms with E-state index < -0.39 is 54.7 Å². The van der Waals surface area contributed by atoms with Gasteiger partial charge in [0.05, 0.1) is 38.3 Å². The lowest BCUT2D eigenvalue weighted by atomic mass is 10.0. The lowest BCUT2D eigenvalue weighted by molar-refractivity contribution is -0.139. The van der Waals surface area contributed by atoms with Crippen molar-refractivity contribution in [2.24, 2.45) is 0 Å². The van der Waals surface area contributed by atoms with Crippen LogP contribution in [0.3, 0.4) is 0 Å². The molecule has 0 spiro atoms. The molecular weight excluding hydrogens is 516 g/mol. The Labute approximate surface area is 220 Å². The van der Waals surface area contributed by atoms with Crippen molar-refractivity contribution in [3.63, 3.8) is 0 Å². The van der Waals surface area contributed by atoms with E-state index in [1.807, 2.05) is 0 Å². The predicted octanol–water partition coefficient (Wildman–Crippen LogP) is -2.30. The molecule has 2 amide bonds. The van der Waals surface area contributed by atoms with Crippen LogP contribution in [0.5, 0.6) is 0 Å². The Balaban J connectivity index is 1.56. The quantitative estimate of drug-likeness (QED) is 0.110. The molecule has 2 heterocycles. The van der Waals surface area contributed by atoms with E-state index >= 15 is 0 Å². The highest BCUT2D eigenvalue weighted by molar-refractivity contribution is 5.97. The maximum absolute atomic E-state index is 12.6. The molecule has 0 radical (unpaired) electrons. The molecule has 2 aromatic heterocycles. The molecule has 208 valence electrons. The molecule has 0 aliphatic carbocycles. The zero-order valence-electron chi connectivity index (χ0n) is 20.5. The smallest absolute Gasteiger partial charge is 0.326 e. The highest BCUT2D eigenvalue weighted by atomic mass is 16.4. The van der Waals surface area contributed by atoms with Gasteiger partial charge in [-0.3, -0.25) is 19.4 Å². The van der Waals surface area contributed by atoms with Crippen molar-refractivity contribution in [3.8, 4) is 0 Å². The minimum atomic E-state index is -1.64. The summed E-state index contributed by atoms with van der Waals surface area (Å²) in [4.78, 5) is 62.9. The molecule has 0 aliphatic rings. The van der Waals surface area contributed by atoms with Crippen molar-refractivity contribution in [3.05, 3.63) is 52.1 Å². The molecule has 0 unspecified atom stereocenters. The van der Waals surface area contributed by atoms with Gasteiger partial charge < -0.3 is 42.1 Å². The first-order valence-corrected chi connectivity index (χ1v) is 11.6. The number of aliphatic carboxylic acids is 1. The van der Waals surface area contributed by atoms with Crippen molar-refractivity contribution in [1.82, 2.24) is 30.6 Å². The Morgan fingerprint density at radius 3 is 2.33 bits per heavy atom. The zero-order valence-corrected chi connectivity index (χ0v) is 20.5. The van der Waals surface area contributed by atoms with Gasteiger partial charge in [0.15, 0.2) is 11.2 Å². The lowest BCUT2D eigenvalue weighted by Gasteiger charge is -2.28. The summed E-state index contributed by atoms with van der Waals surface area (Å²) in [7, 11) is 0. The number of aromatic amines is 1. The fourth-order valence-corrected chi connectivity index (χ4v) is 3.39. The number of carboxylic acids is 1. The number of carbonyl (C=O) groups excluding carboxylic acids is 2. The number of amides is 2. The second-order valence-electron chi connectivity index (χ2n) is 8.62. The number of nitrogens with zero attached hydrogens (tertiary/aromatic N) is 3. The summed E-state index contributed by atoms with van der Waals surface area (Å²) < 4.78 is 0. The first-order chi connectivity index (χ1) is 18.6. The second kappa shape index (κ2) is 12.7. The van der Waals surface area contributed by atoms with E-state index in [1.165, 1.54) is 18.3 Å². The van der Waals surface area contributed by atoms with Crippen LogP contribution in [0.15, 0.2) is 35.3 Å². The van der Waals surface area contributed by atoms with Gasteiger partial charge in [-0.2, -0.15) is 4.98 Å². The molecule has 16 heteroatoms. The van der Waals surface area contributed by atoms with Gasteiger partial charge in [-0.25, -0.2) is 14.8 Å². The van der Waals surface area contributed by atoms with Crippen LogP contribution in [-0.2, 0) is 16.1 Å². The Hall–Kier alpha value is -4.67. The summed E-state index contributed by atoms with van der Waals surface area (Å²) in [6, 6.07) is 4.70. The maximum Gasteiger partial charge on any atom is 0.326 e. The monoisotopic (exact) mass is 544 g/mol. The number of H-pyrrole nitrogens is 1. The van der Waals surface area contributed by atoms with Crippen LogP contribution < -0.4 is 27.2 Å². The molecular formula is C23H28N8O8. The third kappa shape index (κ3) is 7.44. The maximum atomic E-state index is 12.6. The van der Waals surface area contributed by atoms with E-state index in [9.17, 15) is 39.6 Å². The fourth-order valence-electron chi connectivity index (χ4n) is 3.39. The molecule has 1 atom stereocenters. The number of aromatic nitrogens is 4. The van der Waals surface area contributed by atoms with Gasteiger partial charge in [0.25, 0.3) is 11.5 Å². The highest BCUT2D eigenvalue weighted by Crippen LogP contribution is 2.12. The fraction of sp³-hybridized carbons (Fsp3) is 0.348. The van der Waals surface area contributed by atoms with Crippen LogP contribution in [-0.4, -0.2) is 89.5 Å². The van der Waals surface area contributed by atoms with Crippen LogP contribution in [0.4, 0.5) is 11.6 Å². The van der Waals surface area contributed by atoms with Gasteiger partial charge in [-0.15, -0.1) is 0 Å². The highest BCUT2D eigenvalue weighted by Gasteiger charge is 2.30. The molecule has 10 N–H and O–H groups in total. The number of aliphatic hydroxyl groups is 3. The number of hydrogen-bond donors (Lipinski definition) is 9. The number of aliphatic hydroxyl groups excluding tert-OH is 3. The molecule has 0 fully saturated rings. The number of fused-ring (bicyclic) bond motifs is 1. The molecule has 3 rings (SSSR count). The first-order valence-electron chi connectivity index (χ1n) is 11.6. The largest absolute Gasteiger partial charge is 0.480 e. The third-order valence-electron chi connectivity index (χ3n) is 5.68. The minimum absolute atomic E-state index is 0.0375. The van der Waals surface area contributed by atoms with Crippen molar-refractivity contribution in [1.29, 1.82) is 0 Å². The van der Waals surface area contributed by atoms with E-state index in [0.29, 0.717) is 11.4 Å². The molecule has 0 bridgehead atoms. The Morgan fingerprint density at radius 2 is 1.72 bits per heavy atom. The number of nitrogen functional groups attached to an aromatic ring is 1. The van der Waals surface area contributed by atoms with E-state index in [0.717, 1.165) is 0 Å². The molecule has 39 heavy (non-hydrogen) atoms. The second-order valence-corrected chi connectivity index (χ2v) is 8.62. The summed E-state index contributed by atoms with van der Waals surface area (Å²) in [6.45, 7) is -1.97. The normalized spacial score (nSPS) is 12.1. The summed E-state index contributed by atoms with van der Waals surface area (Å²) in [5.74, 6) is -2.83. The molecule has 3 aromatic rings. The van der Waals surface area contributed by atoms with Crippen LogP contribution in [0, 0.1) is 0 Å². The van der Waals surface area contributed by atoms with Gasteiger partial charge >= 0.3 is 5.97 Å². The predicted molar refractivity (Wildman–Crippen MR) is 136 cm³/mol. The van der Waals surface area contributed by atoms with E-state index in [2.05, 4.69) is 35.9 Å². The topological polar surface area (TPSA) is 266 Å². The number of nitrogens with two attached hydrogens (primary N) is 1. The Bertz CT molecular complexity index is 1380. The first kappa shape index (κ1) is 28.9. The van der Waals surface area contributed by atoms with Gasteiger partial charge in [0, 0.05) is 17.7 Å². The number of carboxylic acid groups (broad SMARTS) is 1. The van der Waals surface area contributed by atoms with Crippen LogP contribution in [0.1, 0.15) is 28.9 Å². The molecule has 1 aromatic carbocycles. The summed E-state index contributed by atoms with van der Waals surface area (Å²) in [5.41, 5.74) is 4.70. The number of benzene rings is 1. The van der Waals surface area contributed by atoms with Crippen LogP contribution in [0.2, 0.25) is 0 Å².